The molecule has 0 unspecified atom stereocenters. The minimum absolute atomic E-state index is 0.0649. The van der Waals surface area contributed by atoms with Crippen molar-refractivity contribution in [2.45, 2.75) is 19.1 Å². The number of rotatable bonds is 3. The predicted octanol–water partition coefficient (Wildman–Crippen LogP) is 2.62. The molecule has 26 heavy (non-hydrogen) atoms. The second-order valence-electron chi connectivity index (χ2n) is 6.36. The Labute approximate surface area is 150 Å². The zero-order chi connectivity index (χ0) is 18.4. The van der Waals surface area contributed by atoms with Gasteiger partial charge in [-0.2, -0.15) is 0 Å². The molecular formula is C19H20O7. The third-order valence-electron chi connectivity index (χ3n) is 4.92. The lowest BCUT2D eigenvalue weighted by atomic mass is 9.79. The molecule has 4 rings (SSSR count). The van der Waals surface area contributed by atoms with Crippen molar-refractivity contribution in [3.05, 3.63) is 35.4 Å². The van der Waals surface area contributed by atoms with E-state index in [2.05, 4.69) is 0 Å². The molecule has 2 heterocycles. The minimum Gasteiger partial charge on any atom is -0.502 e. The average Bonchev–Trinajstić information content (AvgIpc) is 3.09. The van der Waals surface area contributed by atoms with Crippen LogP contribution in [-0.4, -0.2) is 37.5 Å². The first-order chi connectivity index (χ1) is 12.5. The topological polar surface area (TPSA) is 86.6 Å². The van der Waals surface area contributed by atoms with E-state index in [-0.39, 0.29) is 24.4 Å². The van der Waals surface area contributed by atoms with Crippen molar-refractivity contribution >= 4 is 0 Å². The Morgan fingerprint density at radius 2 is 1.58 bits per heavy atom. The van der Waals surface area contributed by atoms with E-state index >= 15 is 0 Å². The van der Waals surface area contributed by atoms with Gasteiger partial charge in [-0.15, -0.1) is 0 Å². The molecular weight excluding hydrogens is 340 g/mol. The van der Waals surface area contributed by atoms with E-state index in [9.17, 15) is 10.2 Å². The summed E-state index contributed by atoms with van der Waals surface area (Å²) in [5.41, 5.74) is 1.69. The Bertz CT molecular complexity index is 823. The van der Waals surface area contributed by atoms with Crippen molar-refractivity contribution < 1.29 is 33.9 Å². The van der Waals surface area contributed by atoms with Gasteiger partial charge in [-0.25, -0.2) is 0 Å². The van der Waals surface area contributed by atoms with Crippen LogP contribution in [0.1, 0.15) is 24.0 Å². The van der Waals surface area contributed by atoms with Gasteiger partial charge >= 0.3 is 0 Å². The summed E-state index contributed by atoms with van der Waals surface area (Å²) in [5.74, 6) is 1.84. The van der Waals surface area contributed by atoms with Crippen molar-refractivity contribution in [1.29, 1.82) is 0 Å². The van der Waals surface area contributed by atoms with Crippen LogP contribution in [0.5, 0.6) is 34.5 Å². The van der Waals surface area contributed by atoms with Crippen LogP contribution in [0.3, 0.4) is 0 Å². The van der Waals surface area contributed by atoms with Crippen molar-refractivity contribution in [2.24, 2.45) is 5.92 Å². The van der Waals surface area contributed by atoms with E-state index in [1.807, 2.05) is 13.0 Å². The van der Waals surface area contributed by atoms with Crippen LogP contribution in [0.4, 0.5) is 0 Å². The molecule has 0 bridgehead atoms. The second-order valence-corrected chi connectivity index (χ2v) is 6.36. The molecule has 2 aromatic carbocycles. The summed E-state index contributed by atoms with van der Waals surface area (Å²) in [5, 5.41) is 20.6. The highest BCUT2D eigenvalue weighted by molar-refractivity contribution is 5.59. The van der Waals surface area contributed by atoms with Gasteiger partial charge in [-0.1, -0.05) is 6.92 Å². The third kappa shape index (κ3) is 2.47. The van der Waals surface area contributed by atoms with E-state index in [0.717, 1.165) is 11.1 Å². The Balaban J connectivity index is 1.89. The van der Waals surface area contributed by atoms with E-state index in [4.69, 9.17) is 23.7 Å². The molecule has 0 spiro atoms. The van der Waals surface area contributed by atoms with Crippen LogP contribution in [0.2, 0.25) is 0 Å². The Morgan fingerprint density at radius 3 is 2.19 bits per heavy atom. The molecule has 0 saturated heterocycles. The van der Waals surface area contributed by atoms with Crippen molar-refractivity contribution in [3.8, 4) is 34.5 Å². The first-order valence-electron chi connectivity index (χ1n) is 8.26. The van der Waals surface area contributed by atoms with Gasteiger partial charge in [0.2, 0.25) is 18.8 Å². The third-order valence-corrected chi connectivity index (χ3v) is 4.92. The van der Waals surface area contributed by atoms with E-state index in [1.54, 1.807) is 18.2 Å². The number of hydrogen-bond acceptors (Lipinski definition) is 7. The minimum atomic E-state index is -0.987. The summed E-state index contributed by atoms with van der Waals surface area (Å²) >= 11 is 0. The van der Waals surface area contributed by atoms with Crippen molar-refractivity contribution in [2.75, 3.05) is 21.0 Å². The highest BCUT2D eigenvalue weighted by Crippen LogP contribution is 2.50. The van der Waals surface area contributed by atoms with Crippen molar-refractivity contribution in [1.82, 2.24) is 0 Å². The first kappa shape index (κ1) is 16.7. The molecule has 7 nitrogen and oxygen atoms in total. The first-order valence-corrected chi connectivity index (χ1v) is 8.26. The van der Waals surface area contributed by atoms with E-state index < -0.39 is 6.29 Å². The summed E-state index contributed by atoms with van der Waals surface area (Å²) in [6.45, 7) is 2.05. The van der Waals surface area contributed by atoms with Crippen LogP contribution in [0.25, 0.3) is 0 Å². The molecule has 0 radical (unpaired) electrons. The Hall–Kier alpha value is -2.80. The molecule has 7 heteroatoms. The number of aliphatic hydroxyl groups is 1. The second kappa shape index (κ2) is 6.17. The monoisotopic (exact) mass is 360 g/mol. The summed E-state index contributed by atoms with van der Waals surface area (Å²) in [6, 6.07) is 7.09. The zero-order valence-corrected chi connectivity index (χ0v) is 14.7. The van der Waals surface area contributed by atoms with Crippen LogP contribution in [-0.2, 0) is 0 Å². The molecule has 3 atom stereocenters. The summed E-state index contributed by atoms with van der Waals surface area (Å²) < 4.78 is 27.1. The number of fused-ring (bicyclic) bond motifs is 2. The maximum atomic E-state index is 10.4. The predicted molar refractivity (Wildman–Crippen MR) is 91.4 cm³/mol. The molecule has 0 amide bonds. The van der Waals surface area contributed by atoms with Crippen LogP contribution in [0, 0.1) is 5.92 Å². The number of ether oxygens (including phenoxy) is 5. The maximum absolute atomic E-state index is 10.4. The van der Waals surface area contributed by atoms with Gasteiger partial charge in [0.15, 0.2) is 23.0 Å². The SMILES string of the molecule is COc1cc([C@@H]2c3cc4c(cc3O[C@@H](O)[C@@H]2C)OCO4)cc(OC)c1O. The van der Waals surface area contributed by atoms with Crippen LogP contribution < -0.4 is 23.7 Å². The fraction of sp³-hybridized carbons (Fsp3) is 0.368. The summed E-state index contributed by atoms with van der Waals surface area (Å²) in [6.07, 6.45) is -0.987. The van der Waals surface area contributed by atoms with Gasteiger partial charge in [0, 0.05) is 23.5 Å². The average molecular weight is 360 g/mol. The Morgan fingerprint density at radius 1 is 0.962 bits per heavy atom. The van der Waals surface area contributed by atoms with E-state index in [0.29, 0.717) is 28.7 Å². The molecule has 2 N–H and O–H groups in total. The quantitative estimate of drug-likeness (QED) is 0.870. The highest BCUT2D eigenvalue weighted by atomic mass is 16.7. The smallest absolute Gasteiger partial charge is 0.231 e. The number of phenolic OH excluding ortho intramolecular Hbond substituents is 1. The van der Waals surface area contributed by atoms with Crippen LogP contribution in [0.15, 0.2) is 24.3 Å². The molecule has 0 aliphatic carbocycles. The maximum Gasteiger partial charge on any atom is 0.231 e. The van der Waals surface area contributed by atoms with Gasteiger partial charge in [0.25, 0.3) is 0 Å². The standard InChI is InChI=1S/C19H20O7/c1-9-17(10-4-15(22-2)18(20)16(5-10)23-3)11-6-13-14(25-8-24-13)7-12(11)26-19(9)21/h4-7,9,17,19-21H,8H2,1-3H3/t9-,17-,19-/m1/s1. The van der Waals surface area contributed by atoms with Gasteiger partial charge in [0.1, 0.15) is 5.75 Å². The number of phenols is 1. The number of methoxy groups -OCH3 is 2. The molecule has 2 aliphatic heterocycles. The molecule has 0 fully saturated rings. The molecule has 0 saturated carbocycles. The lowest BCUT2D eigenvalue weighted by molar-refractivity contribution is -0.0729. The highest BCUT2D eigenvalue weighted by Gasteiger charge is 2.38. The molecule has 2 aliphatic rings. The van der Waals surface area contributed by atoms with Gasteiger partial charge in [0.05, 0.1) is 14.2 Å². The lowest BCUT2D eigenvalue weighted by Crippen LogP contribution is -2.34. The van der Waals surface area contributed by atoms with E-state index in [1.165, 1.54) is 14.2 Å². The fourth-order valence-electron chi connectivity index (χ4n) is 3.55. The lowest BCUT2D eigenvalue weighted by Gasteiger charge is -2.35. The summed E-state index contributed by atoms with van der Waals surface area (Å²) in [4.78, 5) is 0. The van der Waals surface area contributed by atoms with Gasteiger partial charge in [-0.3, -0.25) is 0 Å². The van der Waals surface area contributed by atoms with Gasteiger partial charge < -0.3 is 33.9 Å². The number of aliphatic hydroxyl groups excluding tert-OH is 1. The number of benzene rings is 2. The molecule has 2 aromatic rings. The Kier molecular flexibility index (Phi) is 3.96. The molecule has 0 aromatic heterocycles. The van der Waals surface area contributed by atoms with Crippen molar-refractivity contribution in [3.63, 3.8) is 0 Å². The fourth-order valence-corrected chi connectivity index (χ4v) is 3.55. The number of aromatic hydroxyl groups is 1. The molecule has 138 valence electrons. The normalized spacial score (nSPS) is 23.2. The largest absolute Gasteiger partial charge is 0.502 e. The number of hydrogen-bond donors (Lipinski definition) is 2. The summed E-state index contributed by atoms with van der Waals surface area (Å²) in [7, 11) is 2.96. The van der Waals surface area contributed by atoms with Crippen LogP contribution >= 0.6 is 0 Å². The zero-order valence-electron chi connectivity index (χ0n) is 14.7. The van der Waals surface area contributed by atoms with Gasteiger partial charge in [-0.05, 0) is 23.8 Å².